The summed E-state index contributed by atoms with van der Waals surface area (Å²) in [6, 6.07) is 6.33. The highest BCUT2D eigenvalue weighted by Gasteiger charge is 2.15. The third-order valence-electron chi connectivity index (χ3n) is 3.51. The average Bonchev–Trinajstić information content (AvgIpc) is 2.44. The zero-order valence-electron chi connectivity index (χ0n) is 13.1. The van der Waals surface area contributed by atoms with Crippen LogP contribution in [0.5, 0.6) is 0 Å². The molecule has 2 rings (SSSR count). The van der Waals surface area contributed by atoms with Crippen LogP contribution in [-0.2, 0) is 6.42 Å². The molecule has 2 aromatic rings. The van der Waals surface area contributed by atoms with Crippen LogP contribution in [0.1, 0.15) is 41.8 Å². The summed E-state index contributed by atoms with van der Waals surface area (Å²) in [4.78, 5) is 8.69. The number of nitrogens with zero attached hydrogens (tertiary/aromatic N) is 2. The number of nitrogens with two attached hydrogens (primary N) is 1. The van der Waals surface area contributed by atoms with Gasteiger partial charge in [-0.3, -0.25) is 4.98 Å². The lowest BCUT2D eigenvalue weighted by Gasteiger charge is -2.20. The number of aryl methyl sites for hydroxylation is 2. The van der Waals surface area contributed by atoms with E-state index in [0.717, 1.165) is 25.1 Å². The van der Waals surface area contributed by atoms with Crippen LogP contribution < -0.4 is 11.1 Å². The van der Waals surface area contributed by atoms with Crippen molar-refractivity contribution in [2.75, 3.05) is 12.3 Å². The van der Waals surface area contributed by atoms with Crippen LogP contribution in [0.25, 0.3) is 0 Å². The lowest BCUT2D eigenvalue weighted by Crippen LogP contribution is -2.26. The Bertz CT molecular complexity index is 595. The summed E-state index contributed by atoms with van der Waals surface area (Å²) in [7, 11) is 0. The second-order valence-electron chi connectivity index (χ2n) is 5.51. The van der Waals surface area contributed by atoms with Gasteiger partial charge in [-0.25, -0.2) is 4.98 Å². The molecular weight excluding hydrogens is 260 g/mol. The van der Waals surface area contributed by atoms with E-state index in [1.54, 1.807) is 6.20 Å². The van der Waals surface area contributed by atoms with Crippen molar-refractivity contribution < 1.29 is 0 Å². The monoisotopic (exact) mass is 284 g/mol. The summed E-state index contributed by atoms with van der Waals surface area (Å²) in [5, 5.41) is 3.59. The van der Waals surface area contributed by atoms with E-state index in [2.05, 4.69) is 42.1 Å². The van der Waals surface area contributed by atoms with Crippen molar-refractivity contribution >= 4 is 5.82 Å². The van der Waals surface area contributed by atoms with E-state index >= 15 is 0 Å². The van der Waals surface area contributed by atoms with Gasteiger partial charge < -0.3 is 11.1 Å². The van der Waals surface area contributed by atoms with Crippen molar-refractivity contribution in [3.05, 3.63) is 53.0 Å². The van der Waals surface area contributed by atoms with E-state index in [1.165, 1.54) is 16.7 Å². The molecule has 0 fully saturated rings. The quantitative estimate of drug-likeness (QED) is 0.856. The largest absolute Gasteiger partial charge is 0.384 e. The van der Waals surface area contributed by atoms with E-state index in [4.69, 9.17) is 5.73 Å². The van der Waals surface area contributed by atoms with Crippen LogP contribution >= 0.6 is 0 Å². The van der Waals surface area contributed by atoms with Gasteiger partial charge in [0.05, 0.1) is 11.7 Å². The molecule has 0 aliphatic heterocycles. The van der Waals surface area contributed by atoms with Gasteiger partial charge in [0.1, 0.15) is 5.82 Å². The maximum Gasteiger partial charge on any atom is 0.123 e. The van der Waals surface area contributed by atoms with Crippen molar-refractivity contribution in [1.82, 2.24) is 15.3 Å². The molecule has 0 amide bonds. The zero-order valence-corrected chi connectivity index (χ0v) is 13.1. The summed E-state index contributed by atoms with van der Waals surface area (Å²) in [6.45, 7) is 7.34. The van der Waals surface area contributed by atoms with Gasteiger partial charge in [-0.2, -0.15) is 0 Å². The fraction of sp³-hybridized carbons (Fsp3) is 0.412. The first kappa shape index (κ1) is 15.4. The first-order valence-electron chi connectivity index (χ1n) is 7.47. The Morgan fingerprint density at radius 2 is 2.05 bits per heavy atom. The maximum atomic E-state index is 5.78. The molecule has 0 bridgehead atoms. The topological polar surface area (TPSA) is 63.8 Å². The number of nitrogen functional groups attached to an aromatic ring is 1. The minimum atomic E-state index is 0.201. The Balaban J connectivity index is 2.25. The van der Waals surface area contributed by atoms with Gasteiger partial charge in [-0.15, -0.1) is 0 Å². The predicted molar refractivity (Wildman–Crippen MR) is 87.1 cm³/mol. The van der Waals surface area contributed by atoms with Crippen LogP contribution in [0.15, 0.2) is 30.6 Å². The summed E-state index contributed by atoms with van der Waals surface area (Å²) in [6.07, 6.45) is 5.66. The molecule has 0 aliphatic rings. The highest BCUT2D eigenvalue weighted by molar-refractivity contribution is 5.34. The molecule has 4 heteroatoms. The van der Waals surface area contributed by atoms with Crippen LogP contribution in [-0.4, -0.2) is 16.5 Å². The fourth-order valence-electron chi connectivity index (χ4n) is 2.53. The van der Waals surface area contributed by atoms with Gasteiger partial charge in [0.15, 0.2) is 0 Å². The molecule has 1 atom stereocenters. The molecule has 0 aliphatic carbocycles. The molecule has 3 N–H and O–H groups in total. The van der Waals surface area contributed by atoms with Crippen LogP contribution in [0.3, 0.4) is 0 Å². The molecule has 112 valence electrons. The highest BCUT2D eigenvalue weighted by atomic mass is 14.9. The first-order valence-corrected chi connectivity index (χ1v) is 7.47. The molecule has 0 saturated heterocycles. The maximum absolute atomic E-state index is 5.78. The Kier molecular flexibility index (Phi) is 5.28. The number of rotatable bonds is 6. The summed E-state index contributed by atoms with van der Waals surface area (Å²) >= 11 is 0. The molecule has 0 saturated carbocycles. The molecule has 21 heavy (non-hydrogen) atoms. The number of anilines is 1. The molecular formula is C17H24N4. The Hall–Kier alpha value is -1.94. The van der Waals surface area contributed by atoms with Crippen LogP contribution in [0.2, 0.25) is 0 Å². The van der Waals surface area contributed by atoms with Gasteiger partial charge in [0.2, 0.25) is 0 Å². The smallest absolute Gasteiger partial charge is 0.123 e. The number of hydrogen-bond donors (Lipinski definition) is 2. The van der Waals surface area contributed by atoms with Gasteiger partial charge in [-0.05, 0) is 62.1 Å². The minimum absolute atomic E-state index is 0.201. The zero-order chi connectivity index (χ0) is 15.2. The molecule has 2 heterocycles. The lowest BCUT2D eigenvalue weighted by molar-refractivity contribution is 0.515. The fourth-order valence-corrected chi connectivity index (χ4v) is 2.53. The lowest BCUT2D eigenvalue weighted by atomic mass is 9.99. The molecule has 2 aromatic heterocycles. The minimum Gasteiger partial charge on any atom is -0.384 e. The van der Waals surface area contributed by atoms with Crippen molar-refractivity contribution in [2.45, 2.75) is 39.7 Å². The molecule has 0 spiro atoms. The molecule has 1 unspecified atom stereocenters. The van der Waals surface area contributed by atoms with Gasteiger partial charge in [0.25, 0.3) is 0 Å². The third-order valence-corrected chi connectivity index (χ3v) is 3.51. The van der Waals surface area contributed by atoms with Gasteiger partial charge in [0, 0.05) is 12.4 Å². The summed E-state index contributed by atoms with van der Waals surface area (Å²) in [5.41, 5.74) is 10.5. The summed E-state index contributed by atoms with van der Waals surface area (Å²) < 4.78 is 0. The van der Waals surface area contributed by atoms with E-state index in [0.29, 0.717) is 5.82 Å². The standard InChI is InChI=1S/C17H24N4/c1-4-6-19-15(9-14-5-7-20-16(18)10-14)17-13(3)8-12(2)11-21-17/h5,7-8,10-11,15,19H,4,6,9H2,1-3H3,(H2,18,20). The van der Waals surface area contributed by atoms with Gasteiger partial charge in [-0.1, -0.05) is 13.0 Å². The Labute approximate surface area is 126 Å². The third kappa shape index (κ3) is 4.26. The molecule has 0 radical (unpaired) electrons. The number of pyridine rings is 2. The first-order chi connectivity index (χ1) is 10.1. The summed E-state index contributed by atoms with van der Waals surface area (Å²) in [5.74, 6) is 0.565. The normalized spacial score (nSPS) is 12.3. The van der Waals surface area contributed by atoms with Crippen LogP contribution in [0.4, 0.5) is 5.82 Å². The van der Waals surface area contributed by atoms with E-state index < -0.39 is 0 Å². The van der Waals surface area contributed by atoms with Crippen molar-refractivity contribution in [3.63, 3.8) is 0 Å². The molecule has 0 aromatic carbocycles. The number of hydrogen-bond acceptors (Lipinski definition) is 4. The predicted octanol–water partition coefficient (Wildman–Crippen LogP) is 2.96. The Morgan fingerprint density at radius 1 is 1.24 bits per heavy atom. The van der Waals surface area contributed by atoms with E-state index in [9.17, 15) is 0 Å². The molecule has 4 nitrogen and oxygen atoms in total. The SMILES string of the molecule is CCCNC(Cc1ccnc(N)c1)c1ncc(C)cc1C. The van der Waals surface area contributed by atoms with Crippen molar-refractivity contribution in [3.8, 4) is 0 Å². The van der Waals surface area contributed by atoms with Crippen LogP contribution in [0, 0.1) is 13.8 Å². The Morgan fingerprint density at radius 3 is 2.71 bits per heavy atom. The second-order valence-corrected chi connectivity index (χ2v) is 5.51. The van der Waals surface area contributed by atoms with E-state index in [-0.39, 0.29) is 6.04 Å². The second kappa shape index (κ2) is 7.18. The van der Waals surface area contributed by atoms with E-state index in [1.807, 2.05) is 18.3 Å². The van der Waals surface area contributed by atoms with Gasteiger partial charge >= 0.3 is 0 Å². The van der Waals surface area contributed by atoms with Crippen molar-refractivity contribution in [1.29, 1.82) is 0 Å². The number of nitrogens with one attached hydrogen (secondary N) is 1. The number of aromatic nitrogens is 2. The average molecular weight is 284 g/mol. The highest BCUT2D eigenvalue weighted by Crippen LogP contribution is 2.21. The van der Waals surface area contributed by atoms with Crippen molar-refractivity contribution in [2.24, 2.45) is 0 Å².